The van der Waals surface area contributed by atoms with Crippen LogP contribution in [0, 0.1) is 5.92 Å². The third-order valence-corrected chi connectivity index (χ3v) is 4.25. The lowest BCUT2D eigenvalue weighted by atomic mass is 10.1. The molecule has 0 saturated carbocycles. The van der Waals surface area contributed by atoms with Crippen LogP contribution in [0.25, 0.3) is 0 Å². The maximum absolute atomic E-state index is 4.45. The molecule has 4 heteroatoms. The van der Waals surface area contributed by atoms with Crippen molar-refractivity contribution in [3.05, 3.63) is 42.7 Å². The van der Waals surface area contributed by atoms with Crippen molar-refractivity contribution in [3.8, 4) is 0 Å². The summed E-state index contributed by atoms with van der Waals surface area (Å²) in [5.74, 6) is 1.65. The fraction of sp³-hybridized carbons (Fsp3) is 0.471. The van der Waals surface area contributed by atoms with E-state index in [4.69, 9.17) is 0 Å². The molecule has 0 amide bonds. The van der Waals surface area contributed by atoms with Gasteiger partial charge in [-0.2, -0.15) is 0 Å². The number of hydrogen-bond donors (Lipinski definition) is 1. The quantitative estimate of drug-likeness (QED) is 0.914. The van der Waals surface area contributed by atoms with Gasteiger partial charge in [0.15, 0.2) is 0 Å². The third kappa shape index (κ3) is 3.45. The van der Waals surface area contributed by atoms with Crippen molar-refractivity contribution in [1.82, 2.24) is 14.5 Å². The molecule has 0 aliphatic carbocycles. The first-order valence-corrected chi connectivity index (χ1v) is 7.79. The topological polar surface area (TPSA) is 33.1 Å². The molecule has 1 atom stereocenters. The zero-order valence-electron chi connectivity index (χ0n) is 12.9. The number of rotatable bonds is 5. The summed E-state index contributed by atoms with van der Waals surface area (Å²) >= 11 is 0. The Labute approximate surface area is 126 Å². The number of aromatic nitrogens is 2. The van der Waals surface area contributed by atoms with Gasteiger partial charge in [0, 0.05) is 37.2 Å². The smallest absolute Gasteiger partial charge is 0.207 e. The standard InChI is InChI=1S/C17H24N4/c1-14(2)20-10-8-15(12-20)13-21-11-9-18-17(21)19-16-6-4-3-5-7-16/h3-7,9,11,14-15H,8,10,12-13H2,1-2H3,(H,18,19). The van der Waals surface area contributed by atoms with Crippen LogP contribution < -0.4 is 5.32 Å². The molecule has 112 valence electrons. The van der Waals surface area contributed by atoms with Crippen molar-refractivity contribution in [1.29, 1.82) is 0 Å². The first-order chi connectivity index (χ1) is 10.2. The molecule has 1 aliphatic heterocycles. The molecule has 21 heavy (non-hydrogen) atoms. The van der Waals surface area contributed by atoms with E-state index >= 15 is 0 Å². The summed E-state index contributed by atoms with van der Waals surface area (Å²) in [6.45, 7) is 8.02. The monoisotopic (exact) mass is 284 g/mol. The molecule has 0 radical (unpaired) electrons. The minimum Gasteiger partial charge on any atom is -0.326 e. The Balaban J connectivity index is 1.64. The van der Waals surface area contributed by atoms with Crippen molar-refractivity contribution < 1.29 is 0 Å². The van der Waals surface area contributed by atoms with Crippen molar-refractivity contribution in [3.63, 3.8) is 0 Å². The lowest BCUT2D eigenvalue weighted by Crippen LogP contribution is -2.28. The summed E-state index contributed by atoms with van der Waals surface area (Å²) in [4.78, 5) is 7.01. The zero-order chi connectivity index (χ0) is 14.7. The lowest BCUT2D eigenvalue weighted by Gasteiger charge is -2.20. The van der Waals surface area contributed by atoms with Crippen molar-refractivity contribution in [2.45, 2.75) is 32.9 Å². The minimum atomic E-state index is 0.653. The second kappa shape index (κ2) is 6.31. The Morgan fingerprint density at radius 2 is 2.10 bits per heavy atom. The summed E-state index contributed by atoms with van der Waals surface area (Å²) in [7, 11) is 0. The van der Waals surface area contributed by atoms with Crippen LogP contribution in [0.4, 0.5) is 11.6 Å². The van der Waals surface area contributed by atoms with Gasteiger partial charge < -0.3 is 14.8 Å². The molecule has 1 N–H and O–H groups in total. The largest absolute Gasteiger partial charge is 0.326 e. The molecule has 2 heterocycles. The second-order valence-electron chi connectivity index (χ2n) is 6.14. The van der Waals surface area contributed by atoms with Crippen LogP contribution in [0.1, 0.15) is 20.3 Å². The van der Waals surface area contributed by atoms with Gasteiger partial charge in [0.2, 0.25) is 5.95 Å². The van der Waals surface area contributed by atoms with E-state index in [0.717, 1.165) is 24.1 Å². The third-order valence-electron chi connectivity index (χ3n) is 4.25. The van der Waals surface area contributed by atoms with Crippen LogP contribution in [-0.4, -0.2) is 33.6 Å². The van der Waals surface area contributed by atoms with Crippen LogP contribution in [0.2, 0.25) is 0 Å². The summed E-state index contributed by atoms with van der Waals surface area (Å²) in [5.41, 5.74) is 1.08. The van der Waals surface area contributed by atoms with Gasteiger partial charge in [0.1, 0.15) is 0 Å². The molecule has 1 aromatic carbocycles. The van der Waals surface area contributed by atoms with E-state index < -0.39 is 0 Å². The van der Waals surface area contributed by atoms with Gasteiger partial charge in [-0.05, 0) is 44.9 Å². The Kier molecular flexibility index (Phi) is 4.25. The van der Waals surface area contributed by atoms with Crippen molar-refractivity contribution in [2.24, 2.45) is 5.92 Å². The molecule has 1 aliphatic rings. The number of para-hydroxylation sites is 1. The molecule has 1 unspecified atom stereocenters. The number of anilines is 2. The van der Waals surface area contributed by atoms with Gasteiger partial charge in [0.25, 0.3) is 0 Å². The molecule has 3 rings (SSSR count). The highest BCUT2D eigenvalue weighted by Crippen LogP contribution is 2.22. The molecular weight excluding hydrogens is 260 g/mol. The van der Waals surface area contributed by atoms with Gasteiger partial charge in [-0.15, -0.1) is 0 Å². The van der Waals surface area contributed by atoms with Crippen LogP contribution in [-0.2, 0) is 6.54 Å². The number of imidazole rings is 1. The zero-order valence-corrected chi connectivity index (χ0v) is 12.9. The maximum Gasteiger partial charge on any atom is 0.207 e. The van der Waals surface area contributed by atoms with E-state index in [9.17, 15) is 0 Å². The summed E-state index contributed by atoms with van der Waals surface area (Å²) < 4.78 is 2.24. The fourth-order valence-corrected chi connectivity index (χ4v) is 2.99. The van der Waals surface area contributed by atoms with Gasteiger partial charge >= 0.3 is 0 Å². The predicted octanol–water partition coefficient (Wildman–Crippen LogP) is 3.36. The van der Waals surface area contributed by atoms with Crippen LogP contribution >= 0.6 is 0 Å². The number of nitrogens with zero attached hydrogens (tertiary/aromatic N) is 3. The first kappa shape index (κ1) is 14.1. The normalized spacial score (nSPS) is 19.3. The number of nitrogens with one attached hydrogen (secondary N) is 1. The van der Waals surface area contributed by atoms with Crippen LogP contribution in [0.3, 0.4) is 0 Å². The molecule has 1 saturated heterocycles. The van der Waals surface area contributed by atoms with E-state index in [-0.39, 0.29) is 0 Å². The van der Waals surface area contributed by atoms with E-state index in [1.165, 1.54) is 19.5 Å². The average molecular weight is 284 g/mol. The van der Waals surface area contributed by atoms with Crippen molar-refractivity contribution >= 4 is 11.6 Å². The molecule has 2 aromatic rings. The van der Waals surface area contributed by atoms with Gasteiger partial charge in [-0.1, -0.05) is 18.2 Å². The van der Waals surface area contributed by atoms with E-state index in [1.54, 1.807) is 0 Å². The van der Waals surface area contributed by atoms with Gasteiger partial charge in [0.05, 0.1) is 0 Å². The molecule has 0 bridgehead atoms. The summed E-state index contributed by atoms with van der Waals surface area (Å²) in [6.07, 6.45) is 5.23. The predicted molar refractivity (Wildman–Crippen MR) is 86.8 cm³/mol. The molecule has 1 aromatic heterocycles. The van der Waals surface area contributed by atoms with E-state index in [0.29, 0.717) is 6.04 Å². The van der Waals surface area contributed by atoms with Gasteiger partial charge in [-0.25, -0.2) is 4.98 Å². The van der Waals surface area contributed by atoms with E-state index in [2.05, 4.69) is 51.9 Å². The molecular formula is C17H24N4. The minimum absolute atomic E-state index is 0.653. The number of likely N-dealkylation sites (tertiary alicyclic amines) is 1. The Hall–Kier alpha value is -1.81. The number of benzene rings is 1. The van der Waals surface area contributed by atoms with Crippen molar-refractivity contribution in [2.75, 3.05) is 18.4 Å². The average Bonchev–Trinajstić information content (AvgIpc) is 3.11. The highest BCUT2D eigenvalue weighted by atomic mass is 15.2. The number of hydrogen-bond acceptors (Lipinski definition) is 3. The summed E-state index contributed by atoms with van der Waals surface area (Å²) in [6, 6.07) is 10.9. The molecule has 1 fully saturated rings. The van der Waals surface area contributed by atoms with Crippen LogP contribution in [0.5, 0.6) is 0 Å². The van der Waals surface area contributed by atoms with Crippen LogP contribution in [0.15, 0.2) is 42.7 Å². The highest BCUT2D eigenvalue weighted by Gasteiger charge is 2.24. The molecule has 0 spiro atoms. The first-order valence-electron chi connectivity index (χ1n) is 7.79. The fourth-order valence-electron chi connectivity index (χ4n) is 2.99. The van der Waals surface area contributed by atoms with E-state index in [1.807, 2.05) is 24.4 Å². The van der Waals surface area contributed by atoms with Gasteiger partial charge in [-0.3, -0.25) is 0 Å². The Morgan fingerprint density at radius 3 is 2.81 bits per heavy atom. The highest BCUT2D eigenvalue weighted by molar-refractivity contribution is 5.52. The Morgan fingerprint density at radius 1 is 1.29 bits per heavy atom. The lowest BCUT2D eigenvalue weighted by molar-refractivity contribution is 0.261. The molecule has 4 nitrogen and oxygen atoms in total. The summed E-state index contributed by atoms with van der Waals surface area (Å²) in [5, 5.41) is 3.40. The second-order valence-corrected chi connectivity index (χ2v) is 6.14. The SMILES string of the molecule is CC(C)N1CCC(Cn2ccnc2Nc2ccccc2)C1. The maximum atomic E-state index is 4.45. The Bertz CT molecular complexity index is 561.